The van der Waals surface area contributed by atoms with Crippen molar-refractivity contribution in [2.24, 2.45) is 0 Å². The van der Waals surface area contributed by atoms with Crippen LogP contribution in [0.3, 0.4) is 0 Å². The van der Waals surface area contributed by atoms with Gasteiger partial charge in [0.1, 0.15) is 16.5 Å². The van der Waals surface area contributed by atoms with Gasteiger partial charge >= 0.3 is 0 Å². The Balaban J connectivity index is 1.28. The fourth-order valence-electron chi connectivity index (χ4n) is 4.13. The average molecular weight is 481 g/mol. The second-order valence-corrected chi connectivity index (χ2v) is 9.32. The van der Waals surface area contributed by atoms with E-state index in [1.165, 1.54) is 47.7 Å². The minimum absolute atomic E-state index is 0.0668. The SMILES string of the molecule is Cc1nn(Cc2ccc(F)cc2)c2sc(C(=O)N3CCN(C(=O)c4ccc(F)cc4)CC3)cc12. The smallest absolute Gasteiger partial charge is 0.264 e. The van der Waals surface area contributed by atoms with Crippen LogP contribution in [0.1, 0.15) is 31.3 Å². The summed E-state index contributed by atoms with van der Waals surface area (Å²) in [4.78, 5) is 30.8. The number of amides is 2. The first-order valence-corrected chi connectivity index (χ1v) is 11.8. The van der Waals surface area contributed by atoms with Crippen molar-refractivity contribution in [3.8, 4) is 0 Å². The lowest BCUT2D eigenvalue weighted by atomic mass is 10.1. The van der Waals surface area contributed by atoms with Crippen LogP contribution in [0.4, 0.5) is 8.78 Å². The van der Waals surface area contributed by atoms with Gasteiger partial charge in [-0.25, -0.2) is 8.78 Å². The van der Waals surface area contributed by atoms with Gasteiger partial charge in [-0.3, -0.25) is 14.3 Å². The second-order valence-electron chi connectivity index (χ2n) is 8.29. The van der Waals surface area contributed by atoms with Crippen LogP contribution in [0.15, 0.2) is 54.6 Å². The summed E-state index contributed by atoms with van der Waals surface area (Å²) in [5.74, 6) is -0.895. The first-order valence-electron chi connectivity index (χ1n) is 10.9. The third-order valence-corrected chi connectivity index (χ3v) is 7.15. The topological polar surface area (TPSA) is 58.4 Å². The highest BCUT2D eigenvalue weighted by molar-refractivity contribution is 7.20. The molecule has 1 aliphatic heterocycles. The third-order valence-electron chi connectivity index (χ3n) is 6.01. The van der Waals surface area contributed by atoms with Gasteiger partial charge in [0.05, 0.1) is 17.1 Å². The van der Waals surface area contributed by atoms with Crippen molar-refractivity contribution in [2.75, 3.05) is 26.2 Å². The summed E-state index contributed by atoms with van der Waals surface area (Å²) in [6, 6.07) is 13.7. The zero-order chi connectivity index (χ0) is 23.8. The molecule has 0 atom stereocenters. The molecule has 3 heterocycles. The maximum Gasteiger partial charge on any atom is 0.264 e. The normalized spacial score (nSPS) is 14.1. The van der Waals surface area contributed by atoms with Crippen molar-refractivity contribution in [2.45, 2.75) is 13.5 Å². The fraction of sp³-hybridized carbons (Fsp3) is 0.240. The van der Waals surface area contributed by atoms with Crippen LogP contribution in [0, 0.1) is 18.6 Å². The lowest BCUT2D eigenvalue weighted by molar-refractivity contribution is 0.0538. The van der Waals surface area contributed by atoms with Gasteiger partial charge in [-0.15, -0.1) is 11.3 Å². The first kappa shape index (κ1) is 22.2. The minimum Gasteiger partial charge on any atom is -0.335 e. The molecular weight excluding hydrogens is 458 g/mol. The molecule has 2 aromatic heterocycles. The number of halogens is 2. The highest BCUT2D eigenvalue weighted by atomic mass is 32.1. The number of hydrogen-bond donors (Lipinski definition) is 0. The Hall–Kier alpha value is -3.59. The molecular formula is C25H22F2N4O2S. The molecule has 0 bridgehead atoms. The molecule has 2 aromatic carbocycles. The monoisotopic (exact) mass is 480 g/mol. The van der Waals surface area contributed by atoms with Crippen LogP contribution >= 0.6 is 11.3 Å². The molecule has 1 aliphatic rings. The van der Waals surface area contributed by atoms with Crippen molar-refractivity contribution >= 4 is 33.4 Å². The Morgan fingerprint density at radius 1 is 0.882 bits per heavy atom. The molecule has 0 radical (unpaired) electrons. The predicted octanol–water partition coefficient (Wildman–Crippen LogP) is 4.33. The van der Waals surface area contributed by atoms with Crippen LogP contribution in [0.2, 0.25) is 0 Å². The Bertz CT molecular complexity index is 1350. The Morgan fingerprint density at radius 3 is 2.06 bits per heavy atom. The molecule has 5 rings (SSSR count). The number of thiophene rings is 1. The quantitative estimate of drug-likeness (QED) is 0.437. The van der Waals surface area contributed by atoms with Gasteiger partial charge in [0.15, 0.2) is 0 Å². The maximum absolute atomic E-state index is 13.2. The summed E-state index contributed by atoms with van der Waals surface area (Å²) in [6.45, 7) is 4.10. The van der Waals surface area contributed by atoms with E-state index in [2.05, 4.69) is 5.10 Å². The van der Waals surface area contributed by atoms with Crippen molar-refractivity contribution in [3.05, 3.63) is 87.9 Å². The van der Waals surface area contributed by atoms with E-state index in [1.54, 1.807) is 21.9 Å². The summed E-state index contributed by atoms with van der Waals surface area (Å²) < 4.78 is 28.2. The van der Waals surface area contributed by atoms with E-state index in [-0.39, 0.29) is 23.4 Å². The number of rotatable bonds is 4. The van der Waals surface area contributed by atoms with E-state index in [0.717, 1.165) is 21.5 Å². The molecule has 9 heteroatoms. The Kier molecular flexibility index (Phi) is 5.87. The number of aromatic nitrogens is 2. The van der Waals surface area contributed by atoms with Gasteiger partial charge in [-0.2, -0.15) is 5.10 Å². The zero-order valence-electron chi connectivity index (χ0n) is 18.5. The summed E-state index contributed by atoms with van der Waals surface area (Å²) in [6.07, 6.45) is 0. The van der Waals surface area contributed by atoms with Gasteiger partial charge in [-0.1, -0.05) is 12.1 Å². The zero-order valence-corrected chi connectivity index (χ0v) is 19.3. The second kappa shape index (κ2) is 8.98. The molecule has 174 valence electrons. The molecule has 2 amide bonds. The lowest BCUT2D eigenvalue weighted by Crippen LogP contribution is -2.50. The van der Waals surface area contributed by atoms with E-state index in [1.807, 2.05) is 17.7 Å². The van der Waals surface area contributed by atoms with Gasteiger partial charge in [0.2, 0.25) is 0 Å². The van der Waals surface area contributed by atoms with Crippen LogP contribution in [0.25, 0.3) is 10.2 Å². The van der Waals surface area contributed by atoms with Crippen LogP contribution in [-0.2, 0) is 6.54 Å². The third kappa shape index (κ3) is 4.31. The van der Waals surface area contributed by atoms with Crippen LogP contribution in [0.5, 0.6) is 0 Å². The average Bonchev–Trinajstić information content (AvgIpc) is 3.41. The first-order chi connectivity index (χ1) is 16.4. The van der Waals surface area contributed by atoms with E-state index in [4.69, 9.17) is 0 Å². The summed E-state index contributed by atoms with van der Waals surface area (Å²) >= 11 is 1.39. The number of carbonyl (C=O) groups excluding carboxylic acids is 2. The molecule has 6 nitrogen and oxygen atoms in total. The van der Waals surface area contributed by atoms with E-state index < -0.39 is 0 Å². The number of benzene rings is 2. The Labute approximate surface area is 199 Å². The number of nitrogens with zero attached hydrogens (tertiary/aromatic N) is 4. The molecule has 34 heavy (non-hydrogen) atoms. The van der Waals surface area contributed by atoms with Crippen molar-refractivity contribution in [1.82, 2.24) is 19.6 Å². The summed E-state index contributed by atoms with van der Waals surface area (Å²) in [7, 11) is 0. The van der Waals surface area contributed by atoms with Crippen LogP contribution in [-0.4, -0.2) is 57.6 Å². The van der Waals surface area contributed by atoms with E-state index >= 15 is 0 Å². The van der Waals surface area contributed by atoms with E-state index in [9.17, 15) is 18.4 Å². The molecule has 1 saturated heterocycles. The summed E-state index contributed by atoms with van der Waals surface area (Å²) in [5, 5.41) is 5.52. The molecule has 0 aliphatic carbocycles. The number of fused-ring (bicyclic) bond motifs is 1. The van der Waals surface area contributed by atoms with Crippen molar-refractivity contribution < 1.29 is 18.4 Å². The predicted molar refractivity (Wildman–Crippen MR) is 126 cm³/mol. The van der Waals surface area contributed by atoms with Crippen molar-refractivity contribution in [1.29, 1.82) is 0 Å². The van der Waals surface area contributed by atoms with Crippen molar-refractivity contribution in [3.63, 3.8) is 0 Å². The minimum atomic E-state index is -0.383. The molecule has 0 N–H and O–H groups in total. The number of piperazine rings is 1. The van der Waals surface area contributed by atoms with Gasteiger partial charge < -0.3 is 9.80 Å². The number of aryl methyl sites for hydroxylation is 1. The highest BCUT2D eigenvalue weighted by Crippen LogP contribution is 2.30. The maximum atomic E-state index is 13.2. The number of carbonyl (C=O) groups is 2. The molecule has 0 unspecified atom stereocenters. The largest absolute Gasteiger partial charge is 0.335 e. The fourth-order valence-corrected chi connectivity index (χ4v) is 5.26. The van der Waals surface area contributed by atoms with Crippen LogP contribution < -0.4 is 0 Å². The van der Waals surface area contributed by atoms with Gasteiger partial charge in [0.25, 0.3) is 11.8 Å². The van der Waals surface area contributed by atoms with E-state index in [0.29, 0.717) is 43.2 Å². The highest BCUT2D eigenvalue weighted by Gasteiger charge is 2.27. The summed E-state index contributed by atoms with van der Waals surface area (Å²) in [5.41, 5.74) is 2.20. The lowest BCUT2D eigenvalue weighted by Gasteiger charge is -2.34. The van der Waals surface area contributed by atoms with Gasteiger partial charge in [-0.05, 0) is 55.0 Å². The standard InChI is InChI=1S/C25H22F2N4O2S/c1-16-21-14-22(34-25(21)31(28-16)15-17-2-6-19(26)7-3-17)24(33)30-12-10-29(11-13-30)23(32)18-4-8-20(27)9-5-18/h2-9,14H,10-13,15H2,1H3. The Morgan fingerprint density at radius 2 is 1.44 bits per heavy atom. The molecule has 4 aromatic rings. The molecule has 0 spiro atoms. The van der Waals surface area contributed by atoms with Gasteiger partial charge in [0, 0.05) is 37.1 Å². The molecule has 1 fully saturated rings. The molecule has 0 saturated carbocycles. The number of hydrogen-bond acceptors (Lipinski definition) is 4.